The van der Waals surface area contributed by atoms with Gasteiger partial charge in [0.25, 0.3) is 20.2 Å². The molecule has 0 heterocycles. The van der Waals surface area contributed by atoms with Crippen LogP contribution in [0.3, 0.4) is 0 Å². The Hall–Kier alpha value is -5.34. The Labute approximate surface area is 264 Å². The number of nitrogens with one attached hydrogen (secondary N) is 1. The molecule has 0 saturated heterocycles. The van der Waals surface area contributed by atoms with Gasteiger partial charge in [-0.3, -0.25) is 9.11 Å². The van der Waals surface area contributed by atoms with E-state index in [1.165, 1.54) is 30.3 Å². The fraction of sp³-hybridized carbons (Fsp3) is 0.0303. The number of benzene rings is 6. The van der Waals surface area contributed by atoms with Crippen molar-refractivity contribution in [2.24, 2.45) is 20.5 Å². The number of nitrogens with zero attached hydrogens (tertiary/aromatic N) is 4. The van der Waals surface area contributed by atoms with Crippen molar-refractivity contribution in [3.8, 4) is 0 Å². The molecule has 46 heavy (non-hydrogen) atoms. The van der Waals surface area contributed by atoms with Gasteiger partial charge >= 0.3 is 0 Å². The quantitative estimate of drug-likeness (QED) is 0.109. The Kier molecular flexibility index (Phi) is 8.15. The average molecular weight is 652 g/mol. The van der Waals surface area contributed by atoms with Gasteiger partial charge in [-0.05, 0) is 73.7 Å². The second-order valence-electron chi connectivity index (χ2n) is 10.3. The summed E-state index contributed by atoms with van der Waals surface area (Å²) in [7, 11) is -9.13. The third-order valence-corrected chi connectivity index (χ3v) is 8.87. The maximum absolute atomic E-state index is 12.4. The highest BCUT2D eigenvalue weighted by molar-refractivity contribution is 7.86. The van der Waals surface area contributed by atoms with Gasteiger partial charge in [0.1, 0.15) is 4.90 Å². The van der Waals surface area contributed by atoms with Crippen molar-refractivity contribution < 1.29 is 25.9 Å². The molecule has 0 spiro atoms. The van der Waals surface area contributed by atoms with Crippen LogP contribution in [0, 0.1) is 6.92 Å². The Morgan fingerprint density at radius 3 is 1.87 bits per heavy atom. The fourth-order valence-electron chi connectivity index (χ4n) is 4.90. The molecule has 0 atom stereocenters. The first kappa shape index (κ1) is 30.7. The lowest BCUT2D eigenvalue weighted by atomic mass is 10.1. The van der Waals surface area contributed by atoms with Crippen molar-refractivity contribution in [2.45, 2.75) is 16.7 Å². The molecule has 0 fully saturated rings. The molecule has 6 aromatic rings. The maximum Gasteiger partial charge on any atom is 0.295 e. The number of hydrogen-bond donors (Lipinski definition) is 3. The number of rotatable bonds is 8. The minimum atomic E-state index is -4.61. The van der Waals surface area contributed by atoms with Crippen LogP contribution in [0.15, 0.2) is 146 Å². The van der Waals surface area contributed by atoms with E-state index < -0.39 is 20.2 Å². The smallest absolute Gasteiger partial charge is 0.295 e. The van der Waals surface area contributed by atoms with Crippen molar-refractivity contribution in [1.82, 2.24) is 0 Å². The molecule has 13 heteroatoms. The van der Waals surface area contributed by atoms with Gasteiger partial charge in [-0.15, -0.1) is 15.3 Å². The van der Waals surface area contributed by atoms with Gasteiger partial charge in [-0.2, -0.15) is 21.9 Å². The fourth-order valence-corrected chi connectivity index (χ4v) is 6.13. The molecular formula is C33H25N5O6S2. The molecule has 0 aromatic heterocycles. The highest BCUT2D eigenvalue weighted by Gasteiger charge is 2.20. The summed E-state index contributed by atoms with van der Waals surface area (Å²) in [6.07, 6.45) is 0. The van der Waals surface area contributed by atoms with E-state index in [1.54, 1.807) is 54.6 Å². The normalized spacial score (nSPS) is 12.4. The highest BCUT2D eigenvalue weighted by Crippen LogP contribution is 2.40. The minimum Gasteiger partial charge on any atom is -0.355 e. The molecule has 0 aliphatic rings. The maximum atomic E-state index is 12.4. The lowest BCUT2D eigenvalue weighted by Gasteiger charge is -2.14. The van der Waals surface area contributed by atoms with Crippen LogP contribution in [0.25, 0.3) is 21.5 Å². The van der Waals surface area contributed by atoms with E-state index in [9.17, 15) is 25.9 Å². The molecule has 11 nitrogen and oxygen atoms in total. The largest absolute Gasteiger partial charge is 0.355 e. The minimum absolute atomic E-state index is 0.223. The Morgan fingerprint density at radius 1 is 0.565 bits per heavy atom. The van der Waals surface area contributed by atoms with Crippen LogP contribution in [0.1, 0.15) is 5.56 Å². The van der Waals surface area contributed by atoms with E-state index in [1.807, 2.05) is 37.3 Å². The van der Waals surface area contributed by atoms with Crippen molar-refractivity contribution in [2.75, 3.05) is 5.32 Å². The number of aryl methyl sites for hydroxylation is 1. The topological polar surface area (TPSA) is 170 Å². The van der Waals surface area contributed by atoms with E-state index in [-0.39, 0.29) is 15.2 Å². The summed E-state index contributed by atoms with van der Waals surface area (Å²) in [6, 6.07) is 31.5. The van der Waals surface area contributed by atoms with Gasteiger partial charge in [0.05, 0.1) is 27.6 Å². The van der Waals surface area contributed by atoms with Gasteiger partial charge < -0.3 is 5.32 Å². The summed E-state index contributed by atoms with van der Waals surface area (Å²) < 4.78 is 68.4. The van der Waals surface area contributed by atoms with Crippen molar-refractivity contribution in [3.05, 3.63) is 121 Å². The zero-order valence-electron chi connectivity index (χ0n) is 24.1. The summed E-state index contributed by atoms with van der Waals surface area (Å²) in [6.45, 7) is 1.95. The molecule has 0 unspecified atom stereocenters. The standard InChI is InChI=1S/C33H25N5O6S2/c1-21-10-12-22(13-11-21)34-31-9-5-8-26-29(18-19-32(33(26)31)46(42,43)44)38-37-28-16-17-30(36-35-23-6-3-2-4-7-23)27-20-24(45(39,40)41)14-15-25(27)28/h2-20,34H,1H3,(H,39,40,41)(H,42,43,44). The molecule has 0 saturated carbocycles. The van der Waals surface area contributed by atoms with E-state index in [4.69, 9.17) is 0 Å². The second kappa shape index (κ2) is 12.2. The van der Waals surface area contributed by atoms with Crippen LogP contribution in [0.2, 0.25) is 0 Å². The lowest BCUT2D eigenvalue weighted by Crippen LogP contribution is -2.01. The number of hydrogen-bond acceptors (Lipinski definition) is 9. The zero-order chi connectivity index (χ0) is 32.5. The first-order valence-corrected chi connectivity index (χ1v) is 16.7. The Bertz CT molecular complexity index is 2400. The third kappa shape index (κ3) is 6.53. The van der Waals surface area contributed by atoms with Gasteiger partial charge in [0.15, 0.2) is 0 Å². The van der Waals surface area contributed by atoms with Crippen molar-refractivity contribution >= 4 is 75.9 Å². The molecule has 0 amide bonds. The molecule has 230 valence electrons. The Morgan fingerprint density at radius 2 is 1.20 bits per heavy atom. The molecule has 0 bridgehead atoms. The van der Waals surface area contributed by atoms with E-state index in [2.05, 4.69) is 25.8 Å². The number of azo groups is 2. The van der Waals surface area contributed by atoms with Gasteiger partial charge in [0, 0.05) is 32.9 Å². The number of anilines is 2. The third-order valence-electron chi connectivity index (χ3n) is 7.12. The first-order valence-electron chi connectivity index (χ1n) is 13.8. The molecule has 6 aromatic carbocycles. The molecular weight excluding hydrogens is 627 g/mol. The van der Waals surface area contributed by atoms with Crippen LogP contribution in [0.4, 0.5) is 34.1 Å². The summed E-state index contributed by atoms with van der Waals surface area (Å²) in [5.41, 5.74) is 3.77. The summed E-state index contributed by atoms with van der Waals surface area (Å²) in [4.78, 5) is -0.626. The van der Waals surface area contributed by atoms with Crippen LogP contribution >= 0.6 is 0 Å². The molecule has 0 radical (unpaired) electrons. The molecule has 6 rings (SSSR count). The number of fused-ring (bicyclic) bond motifs is 2. The van der Waals surface area contributed by atoms with Crippen LogP contribution in [0.5, 0.6) is 0 Å². The molecule has 0 aliphatic heterocycles. The van der Waals surface area contributed by atoms with Crippen molar-refractivity contribution in [3.63, 3.8) is 0 Å². The summed E-state index contributed by atoms with van der Waals surface area (Å²) in [5, 5.41) is 22.1. The van der Waals surface area contributed by atoms with E-state index in [0.717, 1.165) is 5.56 Å². The van der Waals surface area contributed by atoms with E-state index in [0.29, 0.717) is 50.3 Å². The molecule has 3 N–H and O–H groups in total. The first-order chi connectivity index (χ1) is 22.0. The summed E-state index contributed by atoms with van der Waals surface area (Å²) >= 11 is 0. The van der Waals surface area contributed by atoms with Gasteiger partial charge in [0.2, 0.25) is 0 Å². The zero-order valence-corrected chi connectivity index (χ0v) is 25.7. The average Bonchev–Trinajstić information content (AvgIpc) is 3.03. The summed E-state index contributed by atoms with van der Waals surface area (Å²) in [5.74, 6) is 0. The van der Waals surface area contributed by atoms with E-state index >= 15 is 0 Å². The predicted molar refractivity (Wildman–Crippen MR) is 177 cm³/mol. The van der Waals surface area contributed by atoms with Crippen LogP contribution in [-0.2, 0) is 20.2 Å². The lowest BCUT2D eigenvalue weighted by molar-refractivity contribution is 0.481. The van der Waals surface area contributed by atoms with Gasteiger partial charge in [-0.1, -0.05) is 54.1 Å². The van der Waals surface area contributed by atoms with Gasteiger partial charge in [-0.25, -0.2) is 0 Å². The monoisotopic (exact) mass is 651 g/mol. The predicted octanol–water partition coefficient (Wildman–Crippen LogP) is 9.37. The van der Waals surface area contributed by atoms with Crippen LogP contribution in [-0.4, -0.2) is 25.9 Å². The van der Waals surface area contributed by atoms with Crippen LogP contribution < -0.4 is 5.32 Å². The molecule has 0 aliphatic carbocycles. The van der Waals surface area contributed by atoms with Crippen molar-refractivity contribution in [1.29, 1.82) is 0 Å². The Balaban J connectivity index is 1.47. The highest BCUT2D eigenvalue weighted by atomic mass is 32.2. The second-order valence-corrected chi connectivity index (χ2v) is 13.1. The SMILES string of the molecule is Cc1ccc(Nc2cccc3c(N=Nc4ccc(N=Nc5ccccc5)c5cc(S(=O)(=O)O)ccc45)ccc(S(=O)(=O)O)c23)cc1.